The molecule has 0 heterocycles. The van der Waals surface area contributed by atoms with E-state index in [-0.39, 0.29) is 0 Å². The Bertz CT molecular complexity index is 276. The standard InChI is InChI=1S/C11H18N2S/c1-9-4-3-5-10(6-9)7-11(13-12)8-14-2/h3-6,11,13H,7-8,12H2,1-2H3. The number of rotatable bonds is 5. The van der Waals surface area contributed by atoms with E-state index in [9.17, 15) is 0 Å². The van der Waals surface area contributed by atoms with Crippen molar-refractivity contribution >= 4 is 11.8 Å². The molecule has 1 aromatic rings. The Morgan fingerprint density at radius 1 is 1.50 bits per heavy atom. The maximum atomic E-state index is 5.48. The summed E-state index contributed by atoms with van der Waals surface area (Å²) in [5, 5.41) is 0. The molecular weight excluding hydrogens is 192 g/mol. The van der Waals surface area contributed by atoms with Crippen LogP contribution in [0.5, 0.6) is 0 Å². The van der Waals surface area contributed by atoms with E-state index in [2.05, 4.69) is 42.9 Å². The molecule has 0 saturated carbocycles. The van der Waals surface area contributed by atoms with E-state index in [0.717, 1.165) is 12.2 Å². The molecule has 1 atom stereocenters. The SMILES string of the molecule is CSCC(Cc1cccc(C)c1)NN. The predicted octanol–water partition coefficient (Wildman–Crippen LogP) is 1.73. The molecule has 0 fully saturated rings. The zero-order chi connectivity index (χ0) is 10.4. The Morgan fingerprint density at radius 2 is 2.29 bits per heavy atom. The van der Waals surface area contributed by atoms with Gasteiger partial charge in [0.2, 0.25) is 0 Å². The third-order valence-electron chi connectivity index (χ3n) is 2.17. The van der Waals surface area contributed by atoms with Crippen molar-refractivity contribution in [1.29, 1.82) is 0 Å². The van der Waals surface area contributed by atoms with Crippen molar-refractivity contribution in [2.75, 3.05) is 12.0 Å². The summed E-state index contributed by atoms with van der Waals surface area (Å²) in [6, 6.07) is 8.94. The first kappa shape index (κ1) is 11.6. The van der Waals surface area contributed by atoms with Gasteiger partial charge in [-0.3, -0.25) is 11.3 Å². The molecule has 1 rings (SSSR count). The first-order chi connectivity index (χ1) is 6.76. The zero-order valence-corrected chi connectivity index (χ0v) is 9.60. The lowest BCUT2D eigenvalue weighted by Crippen LogP contribution is -2.38. The summed E-state index contributed by atoms with van der Waals surface area (Å²) in [6.07, 6.45) is 3.10. The Kier molecular flexibility index (Phi) is 5.01. The van der Waals surface area contributed by atoms with Crippen molar-refractivity contribution in [3.8, 4) is 0 Å². The second-order valence-electron chi connectivity index (χ2n) is 3.51. The number of nitrogens with one attached hydrogen (secondary N) is 1. The van der Waals surface area contributed by atoms with E-state index >= 15 is 0 Å². The minimum atomic E-state index is 0.367. The lowest BCUT2D eigenvalue weighted by atomic mass is 10.1. The molecule has 3 N–H and O–H groups in total. The largest absolute Gasteiger partial charge is 0.271 e. The molecule has 0 amide bonds. The maximum Gasteiger partial charge on any atom is 0.0341 e. The van der Waals surface area contributed by atoms with Crippen molar-refractivity contribution in [3.05, 3.63) is 35.4 Å². The normalized spacial score (nSPS) is 12.8. The molecule has 78 valence electrons. The van der Waals surface area contributed by atoms with Crippen LogP contribution in [0.25, 0.3) is 0 Å². The first-order valence-corrected chi connectivity index (χ1v) is 6.16. The van der Waals surface area contributed by atoms with Crippen LogP contribution >= 0.6 is 11.8 Å². The molecule has 0 bridgehead atoms. The summed E-state index contributed by atoms with van der Waals surface area (Å²) in [5.74, 6) is 6.53. The molecular formula is C11H18N2S. The second kappa shape index (κ2) is 6.06. The molecule has 0 aliphatic carbocycles. The van der Waals surface area contributed by atoms with E-state index in [0.29, 0.717) is 6.04 Å². The van der Waals surface area contributed by atoms with E-state index < -0.39 is 0 Å². The van der Waals surface area contributed by atoms with Crippen LogP contribution in [-0.4, -0.2) is 18.1 Å². The van der Waals surface area contributed by atoms with Gasteiger partial charge in [0.1, 0.15) is 0 Å². The number of hydrogen-bond donors (Lipinski definition) is 2. The van der Waals surface area contributed by atoms with E-state index in [1.807, 2.05) is 11.8 Å². The Balaban J connectivity index is 2.57. The molecule has 0 aliphatic rings. The third-order valence-corrected chi connectivity index (χ3v) is 2.90. The van der Waals surface area contributed by atoms with Gasteiger partial charge in [0.15, 0.2) is 0 Å². The molecule has 0 aromatic heterocycles. The summed E-state index contributed by atoms with van der Waals surface area (Å²) in [4.78, 5) is 0. The van der Waals surface area contributed by atoms with Gasteiger partial charge in [-0.15, -0.1) is 0 Å². The molecule has 3 heteroatoms. The van der Waals surface area contributed by atoms with E-state index in [1.54, 1.807) is 0 Å². The molecule has 1 aromatic carbocycles. The highest BCUT2D eigenvalue weighted by Crippen LogP contribution is 2.08. The molecule has 0 spiro atoms. The van der Waals surface area contributed by atoms with E-state index in [1.165, 1.54) is 11.1 Å². The summed E-state index contributed by atoms with van der Waals surface area (Å²) >= 11 is 1.82. The van der Waals surface area contributed by atoms with Crippen molar-refractivity contribution in [3.63, 3.8) is 0 Å². The monoisotopic (exact) mass is 210 g/mol. The lowest BCUT2D eigenvalue weighted by Gasteiger charge is -2.14. The number of hydrazine groups is 1. The third kappa shape index (κ3) is 3.70. The van der Waals surface area contributed by atoms with Gasteiger partial charge in [-0.2, -0.15) is 11.8 Å². The van der Waals surface area contributed by atoms with Crippen LogP contribution < -0.4 is 11.3 Å². The van der Waals surface area contributed by atoms with Crippen LogP contribution in [0.1, 0.15) is 11.1 Å². The summed E-state index contributed by atoms with van der Waals surface area (Å²) < 4.78 is 0. The van der Waals surface area contributed by atoms with Crippen molar-refractivity contribution in [1.82, 2.24) is 5.43 Å². The van der Waals surface area contributed by atoms with Crippen molar-refractivity contribution in [2.24, 2.45) is 5.84 Å². The number of nitrogens with two attached hydrogens (primary N) is 1. The minimum absolute atomic E-state index is 0.367. The van der Waals surface area contributed by atoms with Gasteiger partial charge < -0.3 is 0 Å². The highest BCUT2D eigenvalue weighted by molar-refractivity contribution is 7.98. The number of thioether (sulfide) groups is 1. The van der Waals surface area contributed by atoms with Crippen LogP contribution in [0.2, 0.25) is 0 Å². The lowest BCUT2D eigenvalue weighted by molar-refractivity contribution is 0.576. The Morgan fingerprint density at radius 3 is 2.86 bits per heavy atom. The highest BCUT2D eigenvalue weighted by atomic mass is 32.2. The van der Waals surface area contributed by atoms with Gasteiger partial charge in [-0.1, -0.05) is 29.8 Å². The number of benzene rings is 1. The fourth-order valence-corrected chi connectivity index (χ4v) is 2.11. The smallest absolute Gasteiger partial charge is 0.0341 e. The Hall–Kier alpha value is -0.510. The molecule has 0 saturated heterocycles. The molecule has 0 aliphatic heterocycles. The number of hydrogen-bond acceptors (Lipinski definition) is 3. The van der Waals surface area contributed by atoms with Crippen molar-refractivity contribution < 1.29 is 0 Å². The summed E-state index contributed by atoms with van der Waals surface area (Å²) in [7, 11) is 0. The first-order valence-electron chi connectivity index (χ1n) is 4.77. The van der Waals surface area contributed by atoms with Gasteiger partial charge >= 0.3 is 0 Å². The fraction of sp³-hybridized carbons (Fsp3) is 0.455. The number of aryl methyl sites for hydroxylation is 1. The molecule has 2 nitrogen and oxygen atoms in total. The van der Waals surface area contributed by atoms with Crippen LogP contribution in [0.4, 0.5) is 0 Å². The minimum Gasteiger partial charge on any atom is -0.271 e. The average molecular weight is 210 g/mol. The fourth-order valence-electron chi connectivity index (χ4n) is 1.49. The average Bonchev–Trinajstić information content (AvgIpc) is 2.17. The molecule has 1 unspecified atom stereocenters. The predicted molar refractivity (Wildman–Crippen MR) is 64.4 cm³/mol. The van der Waals surface area contributed by atoms with Gasteiger partial charge in [-0.05, 0) is 25.2 Å². The topological polar surface area (TPSA) is 38.0 Å². The van der Waals surface area contributed by atoms with Gasteiger partial charge in [0, 0.05) is 11.8 Å². The maximum absolute atomic E-state index is 5.48. The van der Waals surface area contributed by atoms with E-state index in [4.69, 9.17) is 5.84 Å². The van der Waals surface area contributed by atoms with Crippen LogP contribution in [0, 0.1) is 6.92 Å². The summed E-state index contributed by atoms with van der Waals surface area (Å²) in [5.41, 5.74) is 5.51. The van der Waals surface area contributed by atoms with Crippen molar-refractivity contribution in [2.45, 2.75) is 19.4 Å². The van der Waals surface area contributed by atoms with Crippen LogP contribution in [0.15, 0.2) is 24.3 Å². The molecule has 0 radical (unpaired) electrons. The highest BCUT2D eigenvalue weighted by Gasteiger charge is 2.06. The summed E-state index contributed by atoms with van der Waals surface area (Å²) in [6.45, 7) is 2.11. The second-order valence-corrected chi connectivity index (χ2v) is 4.42. The van der Waals surface area contributed by atoms with Crippen LogP contribution in [-0.2, 0) is 6.42 Å². The quantitative estimate of drug-likeness (QED) is 0.574. The Labute approximate surface area is 90.2 Å². The van der Waals surface area contributed by atoms with Gasteiger partial charge in [0.25, 0.3) is 0 Å². The zero-order valence-electron chi connectivity index (χ0n) is 8.79. The van der Waals surface area contributed by atoms with Crippen LogP contribution in [0.3, 0.4) is 0 Å². The van der Waals surface area contributed by atoms with Gasteiger partial charge in [0.05, 0.1) is 0 Å². The van der Waals surface area contributed by atoms with Gasteiger partial charge in [-0.25, -0.2) is 0 Å². The molecule has 14 heavy (non-hydrogen) atoms.